The van der Waals surface area contributed by atoms with Gasteiger partial charge in [-0.25, -0.2) is 0 Å². The number of nitrogens with zero attached hydrogens (tertiary/aromatic N) is 2. The summed E-state index contributed by atoms with van der Waals surface area (Å²) in [5.41, 5.74) is 5.26. The molecule has 1 heterocycles. The second-order valence-electron chi connectivity index (χ2n) is 5.90. The number of aromatic nitrogens is 1. The van der Waals surface area contributed by atoms with Crippen LogP contribution >= 0.6 is 0 Å². The summed E-state index contributed by atoms with van der Waals surface area (Å²) in [6.45, 7) is 7.52. The predicted molar refractivity (Wildman–Crippen MR) is 90.1 cm³/mol. The molecule has 0 aliphatic rings. The van der Waals surface area contributed by atoms with E-state index in [2.05, 4.69) is 79.1 Å². The molecule has 1 aromatic carbocycles. The lowest BCUT2D eigenvalue weighted by Crippen LogP contribution is -2.21. The van der Waals surface area contributed by atoms with Crippen molar-refractivity contribution < 1.29 is 0 Å². The molecule has 0 aliphatic heterocycles. The molecule has 1 N–H and O–H groups in total. The van der Waals surface area contributed by atoms with E-state index in [1.807, 2.05) is 0 Å². The van der Waals surface area contributed by atoms with Crippen LogP contribution in [0.5, 0.6) is 0 Å². The molecule has 0 saturated carbocycles. The molecular weight excluding hydrogens is 258 g/mol. The van der Waals surface area contributed by atoms with Crippen LogP contribution < -0.4 is 5.32 Å². The summed E-state index contributed by atoms with van der Waals surface area (Å²) >= 11 is 0. The summed E-state index contributed by atoms with van der Waals surface area (Å²) in [5.74, 6) is 0. The molecule has 0 bridgehead atoms. The number of aryl methyl sites for hydroxylation is 1. The maximum absolute atomic E-state index is 3.55. The first-order valence-electron chi connectivity index (χ1n) is 7.68. The highest BCUT2D eigenvalue weighted by molar-refractivity contribution is 5.40. The summed E-state index contributed by atoms with van der Waals surface area (Å²) in [5, 5.41) is 3.55. The van der Waals surface area contributed by atoms with Crippen molar-refractivity contribution >= 4 is 0 Å². The van der Waals surface area contributed by atoms with Crippen molar-refractivity contribution in [2.75, 3.05) is 27.2 Å². The highest BCUT2D eigenvalue weighted by atomic mass is 15.1. The third-order valence-electron chi connectivity index (χ3n) is 3.82. The van der Waals surface area contributed by atoms with Gasteiger partial charge in [0.15, 0.2) is 0 Å². The Morgan fingerprint density at radius 2 is 1.81 bits per heavy atom. The minimum atomic E-state index is 0.944. The third-order valence-corrected chi connectivity index (χ3v) is 3.82. The molecule has 114 valence electrons. The van der Waals surface area contributed by atoms with Crippen LogP contribution in [-0.4, -0.2) is 36.7 Å². The van der Waals surface area contributed by atoms with Gasteiger partial charge in [0.05, 0.1) is 0 Å². The number of rotatable bonds is 7. The molecule has 2 rings (SSSR count). The van der Waals surface area contributed by atoms with Gasteiger partial charge in [0.1, 0.15) is 0 Å². The van der Waals surface area contributed by atoms with E-state index in [-0.39, 0.29) is 0 Å². The highest BCUT2D eigenvalue weighted by Gasteiger charge is 2.09. The quantitative estimate of drug-likeness (QED) is 0.789. The van der Waals surface area contributed by atoms with Crippen molar-refractivity contribution in [3.63, 3.8) is 0 Å². The molecule has 2 aromatic rings. The number of hydrogen-bond acceptors (Lipinski definition) is 2. The molecule has 1 aromatic heterocycles. The van der Waals surface area contributed by atoms with E-state index in [0.29, 0.717) is 0 Å². The molecule has 0 amide bonds. The van der Waals surface area contributed by atoms with Crippen LogP contribution in [0, 0.1) is 13.8 Å². The van der Waals surface area contributed by atoms with Crippen LogP contribution in [0.3, 0.4) is 0 Å². The Labute approximate surface area is 128 Å². The molecular formula is C18H27N3. The predicted octanol–water partition coefficient (Wildman–Crippen LogP) is 3.14. The molecule has 0 spiro atoms. The topological polar surface area (TPSA) is 20.2 Å². The van der Waals surface area contributed by atoms with Gasteiger partial charge in [-0.2, -0.15) is 0 Å². The maximum Gasteiger partial charge on any atom is 0.0455 e. The second-order valence-corrected chi connectivity index (χ2v) is 5.90. The van der Waals surface area contributed by atoms with Gasteiger partial charge in [-0.1, -0.05) is 18.2 Å². The van der Waals surface area contributed by atoms with Crippen LogP contribution in [0.2, 0.25) is 0 Å². The Hall–Kier alpha value is -1.58. The van der Waals surface area contributed by atoms with Gasteiger partial charge < -0.3 is 14.8 Å². The average Bonchev–Trinajstić information content (AvgIpc) is 2.74. The van der Waals surface area contributed by atoms with Gasteiger partial charge in [0.2, 0.25) is 0 Å². The fourth-order valence-corrected chi connectivity index (χ4v) is 2.73. The molecule has 0 unspecified atom stereocenters. The van der Waals surface area contributed by atoms with Crippen LogP contribution in [0.25, 0.3) is 5.69 Å². The summed E-state index contributed by atoms with van der Waals surface area (Å²) in [6.07, 6.45) is 1.18. The van der Waals surface area contributed by atoms with E-state index in [0.717, 1.165) is 19.6 Å². The molecule has 3 heteroatoms. The minimum Gasteiger partial charge on any atom is -0.318 e. The van der Waals surface area contributed by atoms with Crippen molar-refractivity contribution in [2.24, 2.45) is 0 Å². The Morgan fingerprint density at radius 1 is 1.10 bits per heavy atom. The Balaban J connectivity index is 1.99. The molecule has 0 saturated heterocycles. The summed E-state index contributed by atoms with van der Waals surface area (Å²) in [6, 6.07) is 12.9. The maximum atomic E-state index is 3.55. The minimum absolute atomic E-state index is 0.944. The number of hydrogen-bond donors (Lipinski definition) is 1. The van der Waals surface area contributed by atoms with E-state index < -0.39 is 0 Å². The normalized spacial score (nSPS) is 11.3. The lowest BCUT2D eigenvalue weighted by Gasteiger charge is -2.11. The van der Waals surface area contributed by atoms with Gasteiger partial charge in [0, 0.05) is 23.6 Å². The van der Waals surface area contributed by atoms with Gasteiger partial charge >= 0.3 is 0 Å². The summed E-state index contributed by atoms with van der Waals surface area (Å²) in [4.78, 5) is 2.23. The first-order valence-corrected chi connectivity index (χ1v) is 7.68. The zero-order chi connectivity index (χ0) is 15.2. The number of benzene rings is 1. The van der Waals surface area contributed by atoms with Crippen LogP contribution in [0.4, 0.5) is 0 Å². The first-order chi connectivity index (χ1) is 10.1. The molecule has 0 atom stereocenters. The number of para-hydroxylation sites is 1. The summed E-state index contributed by atoms with van der Waals surface area (Å²) in [7, 11) is 4.24. The van der Waals surface area contributed by atoms with Gasteiger partial charge in [-0.3, -0.25) is 0 Å². The van der Waals surface area contributed by atoms with E-state index in [4.69, 9.17) is 0 Å². The van der Waals surface area contributed by atoms with Gasteiger partial charge in [-0.15, -0.1) is 0 Å². The molecule has 21 heavy (non-hydrogen) atoms. The lowest BCUT2D eigenvalue weighted by atomic mass is 10.2. The Bertz CT molecular complexity index is 555. The monoisotopic (exact) mass is 285 g/mol. The largest absolute Gasteiger partial charge is 0.318 e. The van der Waals surface area contributed by atoms with Crippen LogP contribution in [0.15, 0.2) is 36.4 Å². The van der Waals surface area contributed by atoms with E-state index >= 15 is 0 Å². The molecule has 0 aliphatic carbocycles. The zero-order valence-corrected chi connectivity index (χ0v) is 13.7. The van der Waals surface area contributed by atoms with Crippen molar-refractivity contribution in [3.05, 3.63) is 53.3 Å². The third kappa shape index (κ3) is 4.19. The first kappa shape index (κ1) is 15.8. The van der Waals surface area contributed by atoms with E-state index in [1.165, 1.54) is 29.1 Å². The van der Waals surface area contributed by atoms with Gasteiger partial charge in [-0.05, 0) is 71.2 Å². The molecule has 3 nitrogen and oxygen atoms in total. The van der Waals surface area contributed by atoms with E-state index in [1.54, 1.807) is 0 Å². The molecule has 0 fully saturated rings. The second kappa shape index (κ2) is 7.43. The fraction of sp³-hybridized carbons (Fsp3) is 0.444. The van der Waals surface area contributed by atoms with Crippen molar-refractivity contribution in [1.82, 2.24) is 14.8 Å². The van der Waals surface area contributed by atoms with Crippen molar-refractivity contribution in [1.29, 1.82) is 0 Å². The van der Waals surface area contributed by atoms with Gasteiger partial charge in [0.25, 0.3) is 0 Å². The van der Waals surface area contributed by atoms with E-state index in [9.17, 15) is 0 Å². The standard InChI is InChI=1S/C18H27N3/c1-15-13-17(14-19-11-8-12-20(3)4)16(2)21(15)18-9-6-5-7-10-18/h5-7,9-10,13,19H,8,11-12,14H2,1-4H3. The SMILES string of the molecule is Cc1cc(CNCCCN(C)C)c(C)n1-c1ccccc1. The molecule has 0 radical (unpaired) electrons. The van der Waals surface area contributed by atoms with Crippen LogP contribution in [-0.2, 0) is 6.54 Å². The van der Waals surface area contributed by atoms with Crippen molar-refractivity contribution in [2.45, 2.75) is 26.8 Å². The zero-order valence-electron chi connectivity index (χ0n) is 13.7. The highest BCUT2D eigenvalue weighted by Crippen LogP contribution is 2.20. The van der Waals surface area contributed by atoms with Crippen LogP contribution in [0.1, 0.15) is 23.4 Å². The summed E-state index contributed by atoms with van der Waals surface area (Å²) < 4.78 is 2.33. The number of nitrogens with one attached hydrogen (secondary N) is 1. The Morgan fingerprint density at radius 3 is 2.48 bits per heavy atom. The fourth-order valence-electron chi connectivity index (χ4n) is 2.73. The smallest absolute Gasteiger partial charge is 0.0455 e. The van der Waals surface area contributed by atoms with Crippen molar-refractivity contribution in [3.8, 4) is 5.69 Å². The lowest BCUT2D eigenvalue weighted by molar-refractivity contribution is 0.394. The Kier molecular flexibility index (Phi) is 5.59. The average molecular weight is 285 g/mol.